The Bertz CT molecular complexity index is 1740. The molecule has 3 aromatic rings. The summed E-state index contributed by atoms with van der Waals surface area (Å²) in [4.78, 5) is 46.3. The Morgan fingerprint density at radius 1 is 1.02 bits per heavy atom. The van der Waals surface area contributed by atoms with Gasteiger partial charge in [-0.3, -0.25) is 19.3 Å². The number of rotatable bonds is 9. The molecular formula is C37H43Cl2FN2O5Si. The molecule has 5 rings (SSSR count). The van der Waals surface area contributed by atoms with Gasteiger partial charge in [0.2, 0.25) is 11.8 Å². The van der Waals surface area contributed by atoms with Crippen molar-refractivity contribution >= 4 is 54.7 Å². The molecule has 2 aliphatic heterocycles. The lowest BCUT2D eigenvalue weighted by atomic mass is 9.58. The van der Waals surface area contributed by atoms with E-state index in [0.29, 0.717) is 44.6 Å². The lowest BCUT2D eigenvalue weighted by Crippen LogP contribution is -2.60. The maximum atomic E-state index is 15.5. The minimum absolute atomic E-state index is 0.0461. The van der Waals surface area contributed by atoms with Crippen molar-refractivity contribution in [3.63, 3.8) is 0 Å². The van der Waals surface area contributed by atoms with Crippen LogP contribution in [-0.2, 0) is 29.3 Å². The van der Waals surface area contributed by atoms with Gasteiger partial charge in [-0.1, -0.05) is 67.1 Å². The highest BCUT2D eigenvalue weighted by Crippen LogP contribution is 2.62. The van der Waals surface area contributed by atoms with Gasteiger partial charge in [-0.25, -0.2) is 4.39 Å². The quantitative estimate of drug-likeness (QED) is 0.126. The van der Waals surface area contributed by atoms with Gasteiger partial charge in [0.25, 0.3) is 0 Å². The number of benzene rings is 3. The maximum Gasteiger partial charge on any atom is 0.326 e. The minimum atomic E-state index is -1.53. The van der Waals surface area contributed by atoms with Gasteiger partial charge >= 0.3 is 5.97 Å². The van der Waals surface area contributed by atoms with Crippen LogP contribution in [0.3, 0.4) is 0 Å². The number of fused-ring (bicyclic) bond motifs is 2. The molecule has 3 aromatic carbocycles. The molecule has 0 aliphatic carbocycles. The van der Waals surface area contributed by atoms with Gasteiger partial charge in [0.15, 0.2) is 0 Å². The standard InChI is InChI=1S/C37H43Cl2FN2O5Si/c1-23-11-13-27(40)19-28(23)34-37(29-14-12-26(39)18-31(29)42(35(37)45)22-46-15-16-48(5,6)7)30(24-9-8-10-25(38)17-24)20-32(43)41(34)21-33(44)47-36(2,3)4/h8-14,17-19,30,34H,15-16,20-22H2,1-7H3/t30-,34+,37-/m0/s1. The van der Waals surface area contributed by atoms with E-state index in [0.717, 1.165) is 6.04 Å². The third kappa shape index (κ3) is 7.20. The third-order valence-electron chi connectivity index (χ3n) is 9.01. The van der Waals surface area contributed by atoms with E-state index in [4.69, 9.17) is 32.7 Å². The molecule has 0 bridgehead atoms. The van der Waals surface area contributed by atoms with Gasteiger partial charge < -0.3 is 14.4 Å². The Kier molecular flexibility index (Phi) is 10.2. The predicted molar refractivity (Wildman–Crippen MR) is 190 cm³/mol. The van der Waals surface area contributed by atoms with Crippen LogP contribution >= 0.6 is 23.2 Å². The Labute approximate surface area is 293 Å². The zero-order valence-electron chi connectivity index (χ0n) is 28.5. The van der Waals surface area contributed by atoms with E-state index in [1.807, 2.05) is 6.07 Å². The maximum absolute atomic E-state index is 15.5. The SMILES string of the molecule is Cc1ccc(F)cc1[C@H]1N(CC(=O)OC(C)(C)C)C(=O)C[C@@H](c2cccc(Cl)c2)[C@]12C(=O)N(COCC[Si](C)(C)C)c1cc(Cl)ccc12. The number of hydrogen-bond donors (Lipinski definition) is 0. The lowest BCUT2D eigenvalue weighted by Gasteiger charge is -2.52. The summed E-state index contributed by atoms with van der Waals surface area (Å²) in [6.07, 6.45) is -0.119. The van der Waals surface area contributed by atoms with Gasteiger partial charge in [-0.15, -0.1) is 0 Å². The fraction of sp³-hybridized carbons (Fsp3) is 0.432. The van der Waals surface area contributed by atoms with E-state index in [9.17, 15) is 9.59 Å². The zero-order valence-corrected chi connectivity index (χ0v) is 31.0. The molecule has 0 radical (unpaired) electrons. The Morgan fingerprint density at radius 3 is 2.40 bits per heavy atom. The highest BCUT2D eigenvalue weighted by atomic mass is 35.5. The molecular weight excluding hydrogens is 670 g/mol. The van der Waals surface area contributed by atoms with Crippen LogP contribution < -0.4 is 4.90 Å². The number of aryl methyl sites for hydroxylation is 1. The van der Waals surface area contributed by atoms with Crippen molar-refractivity contribution in [3.05, 3.63) is 98.8 Å². The summed E-state index contributed by atoms with van der Waals surface area (Å²) in [6, 6.07) is 16.5. The molecule has 1 fully saturated rings. The second kappa shape index (κ2) is 13.6. The lowest BCUT2D eigenvalue weighted by molar-refractivity contribution is -0.164. The molecule has 0 saturated carbocycles. The molecule has 0 N–H and O–H groups in total. The average Bonchev–Trinajstić information content (AvgIpc) is 3.20. The third-order valence-corrected chi connectivity index (χ3v) is 11.2. The van der Waals surface area contributed by atoms with E-state index in [-0.39, 0.29) is 25.0 Å². The largest absolute Gasteiger partial charge is 0.459 e. The summed E-state index contributed by atoms with van der Waals surface area (Å²) >= 11 is 13.1. The van der Waals surface area contributed by atoms with Crippen LogP contribution in [0.15, 0.2) is 60.7 Å². The fourth-order valence-electron chi connectivity index (χ4n) is 6.94. The first-order valence-electron chi connectivity index (χ1n) is 16.1. The van der Waals surface area contributed by atoms with E-state index < -0.39 is 49.4 Å². The normalized spacial score (nSPS) is 21.2. The summed E-state index contributed by atoms with van der Waals surface area (Å²) < 4.78 is 27.1. The van der Waals surface area contributed by atoms with E-state index in [1.165, 1.54) is 17.0 Å². The van der Waals surface area contributed by atoms with Crippen molar-refractivity contribution in [1.82, 2.24) is 4.90 Å². The van der Waals surface area contributed by atoms with Crippen LogP contribution in [0.4, 0.5) is 10.1 Å². The van der Waals surface area contributed by atoms with Gasteiger partial charge in [0.1, 0.15) is 30.1 Å². The first-order chi connectivity index (χ1) is 22.4. The van der Waals surface area contributed by atoms with Gasteiger partial charge in [0, 0.05) is 37.1 Å². The highest BCUT2D eigenvalue weighted by molar-refractivity contribution is 6.76. The topological polar surface area (TPSA) is 76.2 Å². The molecule has 2 aliphatic rings. The summed E-state index contributed by atoms with van der Waals surface area (Å²) in [5.74, 6) is -2.63. The van der Waals surface area contributed by atoms with Crippen molar-refractivity contribution in [2.45, 2.75) is 82.8 Å². The predicted octanol–water partition coefficient (Wildman–Crippen LogP) is 8.44. The van der Waals surface area contributed by atoms with Crippen LogP contribution in [-0.4, -0.2) is 56.2 Å². The molecule has 0 unspecified atom stereocenters. The number of hydrogen-bond acceptors (Lipinski definition) is 5. The molecule has 2 heterocycles. The van der Waals surface area contributed by atoms with Crippen molar-refractivity contribution in [3.8, 4) is 0 Å². The second-order valence-electron chi connectivity index (χ2n) is 14.9. The summed E-state index contributed by atoms with van der Waals surface area (Å²) in [5.41, 5.74) is 0.530. The summed E-state index contributed by atoms with van der Waals surface area (Å²) in [7, 11) is -1.43. The molecule has 7 nitrogen and oxygen atoms in total. The summed E-state index contributed by atoms with van der Waals surface area (Å²) in [5, 5.41) is 0.860. The number of anilines is 1. The first-order valence-corrected chi connectivity index (χ1v) is 20.6. The van der Waals surface area contributed by atoms with E-state index in [1.54, 1.807) is 75.1 Å². The molecule has 256 valence electrons. The number of esters is 1. The monoisotopic (exact) mass is 712 g/mol. The van der Waals surface area contributed by atoms with E-state index >= 15 is 9.18 Å². The van der Waals surface area contributed by atoms with Crippen molar-refractivity contribution < 1.29 is 28.2 Å². The van der Waals surface area contributed by atoms with Gasteiger partial charge in [-0.05, 0) is 92.4 Å². The van der Waals surface area contributed by atoms with Crippen LogP contribution in [0, 0.1) is 12.7 Å². The van der Waals surface area contributed by atoms with Crippen LogP contribution in [0.2, 0.25) is 35.7 Å². The van der Waals surface area contributed by atoms with Gasteiger partial charge in [-0.2, -0.15) is 0 Å². The molecule has 2 amide bonds. The molecule has 48 heavy (non-hydrogen) atoms. The smallest absolute Gasteiger partial charge is 0.326 e. The highest BCUT2D eigenvalue weighted by Gasteiger charge is 2.65. The fourth-order valence-corrected chi connectivity index (χ4v) is 8.06. The molecule has 3 atom stereocenters. The molecule has 11 heteroatoms. The Morgan fingerprint density at radius 2 is 1.73 bits per heavy atom. The molecule has 1 spiro atoms. The van der Waals surface area contributed by atoms with Crippen LogP contribution in [0.25, 0.3) is 0 Å². The van der Waals surface area contributed by atoms with Crippen LogP contribution in [0.1, 0.15) is 61.4 Å². The Balaban J connectivity index is 1.79. The average molecular weight is 714 g/mol. The van der Waals surface area contributed by atoms with Gasteiger partial charge in [0.05, 0.1) is 11.7 Å². The molecule has 1 saturated heterocycles. The number of halogens is 3. The van der Waals surface area contributed by atoms with Crippen molar-refractivity contribution in [2.24, 2.45) is 0 Å². The summed E-state index contributed by atoms with van der Waals surface area (Å²) in [6.45, 7) is 13.8. The number of amides is 2. The number of ether oxygens (including phenoxy) is 2. The number of carbonyl (C=O) groups excluding carboxylic acids is 3. The number of likely N-dealkylation sites (tertiary alicyclic amines) is 1. The Hall–Kier alpha value is -3.24. The number of nitrogens with zero attached hydrogens (tertiary/aromatic N) is 2. The van der Waals surface area contributed by atoms with Crippen molar-refractivity contribution in [1.29, 1.82) is 0 Å². The number of carbonyl (C=O) groups is 3. The zero-order chi connectivity index (χ0) is 35.2. The van der Waals surface area contributed by atoms with Crippen molar-refractivity contribution in [2.75, 3.05) is 24.8 Å². The molecule has 0 aromatic heterocycles. The minimum Gasteiger partial charge on any atom is -0.459 e. The second-order valence-corrected chi connectivity index (χ2v) is 21.4. The van der Waals surface area contributed by atoms with E-state index in [2.05, 4.69) is 19.6 Å². The number of piperidine rings is 1. The first kappa shape index (κ1) is 36.0. The van der Waals surface area contributed by atoms with Crippen LogP contribution in [0.5, 0.6) is 0 Å².